The standard InChI is InChI=1S/C17H24N2O3/c1-12(2)11-18-17(22)19-9-7-14(8-10-19)16(21)13-3-5-15(20)6-4-13/h3-6,12,14,20H,7-11H2,1-2H3,(H,18,22). The molecule has 1 fully saturated rings. The van der Waals surface area contributed by atoms with E-state index in [9.17, 15) is 14.7 Å². The number of piperidine rings is 1. The minimum absolute atomic E-state index is 0.0377. The maximum Gasteiger partial charge on any atom is 0.317 e. The Morgan fingerprint density at radius 3 is 2.36 bits per heavy atom. The number of rotatable bonds is 4. The van der Waals surface area contributed by atoms with Crippen molar-refractivity contribution in [1.29, 1.82) is 0 Å². The number of urea groups is 1. The summed E-state index contributed by atoms with van der Waals surface area (Å²) in [7, 11) is 0. The molecule has 2 amide bonds. The van der Waals surface area contributed by atoms with Crippen LogP contribution in [-0.4, -0.2) is 41.5 Å². The number of hydrogen-bond acceptors (Lipinski definition) is 3. The predicted molar refractivity (Wildman–Crippen MR) is 85.0 cm³/mol. The third-order valence-electron chi connectivity index (χ3n) is 3.97. The lowest BCUT2D eigenvalue weighted by Crippen LogP contribution is -2.46. The normalized spacial score (nSPS) is 15.9. The van der Waals surface area contributed by atoms with Crippen LogP contribution in [-0.2, 0) is 0 Å². The Labute approximate surface area is 131 Å². The number of phenols is 1. The summed E-state index contributed by atoms with van der Waals surface area (Å²) in [5.74, 6) is 0.645. The summed E-state index contributed by atoms with van der Waals surface area (Å²) < 4.78 is 0. The molecule has 0 unspecified atom stereocenters. The maximum atomic E-state index is 12.4. The lowest BCUT2D eigenvalue weighted by atomic mass is 9.89. The van der Waals surface area contributed by atoms with Crippen molar-refractivity contribution in [2.75, 3.05) is 19.6 Å². The quantitative estimate of drug-likeness (QED) is 0.840. The number of hydrogen-bond donors (Lipinski definition) is 2. The van der Waals surface area contributed by atoms with Crippen LogP contribution in [0.5, 0.6) is 5.75 Å². The molecule has 2 N–H and O–H groups in total. The number of nitrogens with one attached hydrogen (secondary N) is 1. The van der Waals surface area contributed by atoms with E-state index < -0.39 is 0 Å². The average molecular weight is 304 g/mol. The molecule has 1 aromatic carbocycles. The van der Waals surface area contributed by atoms with E-state index in [1.54, 1.807) is 17.0 Å². The number of carbonyl (C=O) groups is 2. The summed E-state index contributed by atoms with van der Waals surface area (Å²) in [5, 5.41) is 12.2. The Bertz CT molecular complexity index is 517. The van der Waals surface area contributed by atoms with Crippen molar-refractivity contribution in [3.05, 3.63) is 29.8 Å². The summed E-state index contributed by atoms with van der Waals surface area (Å²) >= 11 is 0. The van der Waals surface area contributed by atoms with Crippen LogP contribution in [0.15, 0.2) is 24.3 Å². The summed E-state index contributed by atoms with van der Waals surface area (Å²) in [6, 6.07) is 6.33. The Morgan fingerprint density at radius 2 is 1.82 bits per heavy atom. The molecule has 1 aromatic rings. The van der Waals surface area contributed by atoms with E-state index in [0.29, 0.717) is 44.0 Å². The van der Waals surface area contributed by atoms with Crippen LogP contribution >= 0.6 is 0 Å². The fraction of sp³-hybridized carbons (Fsp3) is 0.529. The first kappa shape index (κ1) is 16.3. The number of Topliss-reactive ketones (excluding diaryl/α,β-unsaturated/α-hetero) is 1. The Balaban J connectivity index is 1.85. The minimum Gasteiger partial charge on any atom is -0.508 e. The Hall–Kier alpha value is -2.04. The number of aromatic hydroxyl groups is 1. The van der Waals surface area contributed by atoms with Crippen LogP contribution in [0.25, 0.3) is 0 Å². The number of amides is 2. The maximum absolute atomic E-state index is 12.4. The largest absolute Gasteiger partial charge is 0.508 e. The van der Waals surface area contributed by atoms with E-state index in [4.69, 9.17) is 0 Å². The van der Waals surface area contributed by atoms with Gasteiger partial charge in [-0.25, -0.2) is 4.79 Å². The molecule has 5 heteroatoms. The highest BCUT2D eigenvalue weighted by Crippen LogP contribution is 2.22. The zero-order valence-electron chi connectivity index (χ0n) is 13.2. The Kier molecular flexibility index (Phi) is 5.41. The highest BCUT2D eigenvalue weighted by molar-refractivity contribution is 5.98. The molecule has 22 heavy (non-hydrogen) atoms. The number of carbonyl (C=O) groups excluding carboxylic acids is 2. The number of nitrogens with zero attached hydrogens (tertiary/aromatic N) is 1. The van der Waals surface area contributed by atoms with Gasteiger partial charge in [0, 0.05) is 31.1 Å². The first-order valence-electron chi connectivity index (χ1n) is 7.83. The van der Waals surface area contributed by atoms with Gasteiger partial charge >= 0.3 is 6.03 Å². The molecule has 0 spiro atoms. The van der Waals surface area contributed by atoms with Crippen LogP contribution in [0.1, 0.15) is 37.0 Å². The molecule has 1 aliphatic rings. The molecule has 5 nitrogen and oxygen atoms in total. The number of benzene rings is 1. The fourth-order valence-electron chi connectivity index (χ4n) is 2.61. The third kappa shape index (κ3) is 4.23. The van der Waals surface area contributed by atoms with E-state index >= 15 is 0 Å². The predicted octanol–water partition coefficient (Wildman–Crippen LogP) is 2.65. The summed E-state index contributed by atoms with van der Waals surface area (Å²) in [6.07, 6.45) is 1.38. The van der Waals surface area contributed by atoms with Gasteiger partial charge in [-0.1, -0.05) is 13.8 Å². The molecule has 0 aromatic heterocycles. The molecule has 1 saturated heterocycles. The van der Waals surface area contributed by atoms with Crippen LogP contribution in [0.4, 0.5) is 4.79 Å². The van der Waals surface area contributed by atoms with Crippen molar-refractivity contribution in [1.82, 2.24) is 10.2 Å². The molecule has 2 rings (SSSR count). The summed E-state index contributed by atoms with van der Waals surface area (Å²) in [6.45, 7) is 6.01. The van der Waals surface area contributed by atoms with Gasteiger partial charge in [-0.05, 0) is 43.0 Å². The van der Waals surface area contributed by atoms with Crippen LogP contribution < -0.4 is 5.32 Å². The lowest BCUT2D eigenvalue weighted by molar-refractivity contribution is 0.0854. The molecular weight excluding hydrogens is 280 g/mol. The monoisotopic (exact) mass is 304 g/mol. The summed E-state index contributed by atoms with van der Waals surface area (Å²) in [4.78, 5) is 26.2. The first-order chi connectivity index (χ1) is 10.5. The van der Waals surface area contributed by atoms with Gasteiger partial charge in [0.15, 0.2) is 5.78 Å². The zero-order chi connectivity index (χ0) is 16.1. The Morgan fingerprint density at radius 1 is 1.23 bits per heavy atom. The van der Waals surface area contributed by atoms with Crippen LogP contribution in [0.3, 0.4) is 0 Å². The van der Waals surface area contributed by atoms with Gasteiger partial charge in [-0.3, -0.25) is 4.79 Å². The third-order valence-corrected chi connectivity index (χ3v) is 3.97. The second-order valence-electron chi connectivity index (χ2n) is 6.25. The number of likely N-dealkylation sites (tertiary alicyclic amines) is 1. The van der Waals surface area contributed by atoms with E-state index in [-0.39, 0.29) is 23.5 Å². The van der Waals surface area contributed by atoms with Crippen molar-refractivity contribution < 1.29 is 14.7 Å². The van der Waals surface area contributed by atoms with Crippen LogP contribution in [0.2, 0.25) is 0 Å². The first-order valence-corrected chi connectivity index (χ1v) is 7.83. The average Bonchev–Trinajstić information content (AvgIpc) is 2.53. The van der Waals surface area contributed by atoms with Crippen molar-refractivity contribution in [2.45, 2.75) is 26.7 Å². The van der Waals surface area contributed by atoms with Crippen LogP contribution in [0, 0.1) is 11.8 Å². The highest BCUT2D eigenvalue weighted by atomic mass is 16.3. The van der Waals surface area contributed by atoms with Gasteiger partial charge in [0.1, 0.15) is 5.75 Å². The fourth-order valence-corrected chi connectivity index (χ4v) is 2.61. The van der Waals surface area contributed by atoms with Crippen molar-refractivity contribution >= 4 is 11.8 Å². The van der Waals surface area contributed by atoms with Gasteiger partial charge < -0.3 is 15.3 Å². The van der Waals surface area contributed by atoms with E-state index in [0.717, 1.165) is 0 Å². The second-order valence-corrected chi connectivity index (χ2v) is 6.25. The molecule has 0 radical (unpaired) electrons. The van der Waals surface area contributed by atoms with Gasteiger partial charge in [0.25, 0.3) is 0 Å². The molecule has 0 bridgehead atoms. The van der Waals surface area contributed by atoms with Crippen molar-refractivity contribution in [3.8, 4) is 5.75 Å². The molecule has 1 heterocycles. The van der Waals surface area contributed by atoms with Gasteiger partial charge in [-0.2, -0.15) is 0 Å². The molecular formula is C17H24N2O3. The molecule has 0 aliphatic carbocycles. The van der Waals surface area contributed by atoms with E-state index in [2.05, 4.69) is 19.2 Å². The summed E-state index contributed by atoms with van der Waals surface area (Å²) in [5.41, 5.74) is 0.625. The zero-order valence-corrected chi connectivity index (χ0v) is 13.2. The number of ketones is 1. The van der Waals surface area contributed by atoms with Crippen molar-refractivity contribution in [2.24, 2.45) is 11.8 Å². The van der Waals surface area contributed by atoms with Crippen molar-refractivity contribution in [3.63, 3.8) is 0 Å². The van der Waals surface area contributed by atoms with E-state index in [1.807, 2.05) is 0 Å². The minimum atomic E-state index is -0.0429. The van der Waals surface area contributed by atoms with Gasteiger partial charge in [-0.15, -0.1) is 0 Å². The smallest absolute Gasteiger partial charge is 0.317 e. The number of phenolic OH excluding ortho intramolecular Hbond substituents is 1. The van der Waals surface area contributed by atoms with Gasteiger partial charge in [0.05, 0.1) is 0 Å². The second kappa shape index (κ2) is 7.29. The topological polar surface area (TPSA) is 69.6 Å². The van der Waals surface area contributed by atoms with Gasteiger partial charge in [0.2, 0.25) is 0 Å². The SMILES string of the molecule is CC(C)CNC(=O)N1CCC(C(=O)c2ccc(O)cc2)CC1. The molecule has 0 atom stereocenters. The molecule has 1 aliphatic heterocycles. The lowest BCUT2D eigenvalue weighted by Gasteiger charge is -2.31. The molecule has 120 valence electrons. The molecule has 0 saturated carbocycles. The van der Waals surface area contributed by atoms with E-state index in [1.165, 1.54) is 12.1 Å². The highest BCUT2D eigenvalue weighted by Gasteiger charge is 2.27.